The molecule has 0 aliphatic carbocycles. The maximum atomic E-state index is 12.4. The highest BCUT2D eigenvalue weighted by atomic mass is 28.4. The smallest absolute Gasteiger partial charge is 0.377 e. The van der Waals surface area contributed by atoms with Gasteiger partial charge in [-0.05, 0) is 35.8 Å². The SMILES string of the molecule is COC(=O)C(=O)C(O[Si](C)(C)C(C)(C)C)c1ccc([N+](=O)[O-])cc1. The Labute approximate surface area is 142 Å². The van der Waals surface area contributed by atoms with E-state index in [4.69, 9.17) is 4.43 Å². The number of carbonyl (C=O) groups excluding carboxylic acids is 2. The van der Waals surface area contributed by atoms with Gasteiger partial charge >= 0.3 is 5.97 Å². The van der Waals surface area contributed by atoms with E-state index in [9.17, 15) is 19.7 Å². The fourth-order valence-corrected chi connectivity index (χ4v) is 2.91. The molecule has 0 aliphatic rings. The van der Waals surface area contributed by atoms with Crippen LogP contribution in [0.25, 0.3) is 0 Å². The number of non-ortho nitro benzene ring substituents is 1. The van der Waals surface area contributed by atoms with E-state index in [1.165, 1.54) is 24.3 Å². The number of rotatable bonds is 6. The van der Waals surface area contributed by atoms with Gasteiger partial charge in [-0.25, -0.2) is 4.79 Å². The van der Waals surface area contributed by atoms with E-state index in [2.05, 4.69) is 4.74 Å². The number of nitrogens with zero attached hydrogens (tertiary/aromatic N) is 1. The summed E-state index contributed by atoms with van der Waals surface area (Å²) in [5, 5.41) is 10.6. The number of esters is 1. The van der Waals surface area contributed by atoms with Gasteiger partial charge in [-0.1, -0.05) is 20.8 Å². The summed E-state index contributed by atoms with van der Waals surface area (Å²) in [5.41, 5.74) is 0.288. The van der Waals surface area contributed by atoms with Crippen LogP contribution in [0.15, 0.2) is 24.3 Å². The number of nitro benzene ring substituents is 1. The molecule has 0 spiro atoms. The van der Waals surface area contributed by atoms with Gasteiger partial charge in [-0.2, -0.15) is 0 Å². The van der Waals surface area contributed by atoms with E-state index >= 15 is 0 Å². The molecule has 1 aromatic carbocycles. The number of hydrogen-bond acceptors (Lipinski definition) is 6. The zero-order valence-electron chi connectivity index (χ0n) is 14.8. The number of benzene rings is 1. The Morgan fingerprint density at radius 2 is 1.67 bits per heavy atom. The molecular formula is C16H23NO6Si. The second-order valence-corrected chi connectivity index (χ2v) is 11.7. The molecule has 1 atom stereocenters. The molecule has 132 valence electrons. The Kier molecular flexibility index (Phi) is 6.02. The van der Waals surface area contributed by atoms with Gasteiger partial charge in [0.25, 0.3) is 11.5 Å². The van der Waals surface area contributed by atoms with Crippen molar-refractivity contribution in [1.29, 1.82) is 0 Å². The van der Waals surface area contributed by atoms with E-state index < -0.39 is 31.1 Å². The maximum Gasteiger partial charge on any atom is 0.377 e. The first-order valence-corrected chi connectivity index (χ1v) is 10.4. The van der Waals surface area contributed by atoms with E-state index in [1.54, 1.807) is 0 Å². The van der Waals surface area contributed by atoms with Gasteiger partial charge in [0.2, 0.25) is 0 Å². The highest BCUT2D eigenvalue weighted by molar-refractivity contribution is 6.74. The Morgan fingerprint density at radius 3 is 2.04 bits per heavy atom. The molecular weight excluding hydrogens is 330 g/mol. The third kappa shape index (κ3) is 4.48. The molecule has 0 N–H and O–H groups in total. The van der Waals surface area contributed by atoms with Crippen LogP contribution in [0.5, 0.6) is 0 Å². The van der Waals surface area contributed by atoms with Crippen LogP contribution in [-0.4, -0.2) is 32.1 Å². The first kappa shape index (κ1) is 20.0. The molecule has 0 radical (unpaired) electrons. The van der Waals surface area contributed by atoms with Crippen molar-refractivity contribution in [2.24, 2.45) is 0 Å². The van der Waals surface area contributed by atoms with Gasteiger partial charge in [0.05, 0.1) is 12.0 Å². The topological polar surface area (TPSA) is 95.7 Å². The first-order valence-electron chi connectivity index (χ1n) is 7.45. The lowest BCUT2D eigenvalue weighted by atomic mass is 10.1. The molecule has 0 heterocycles. The fourth-order valence-electron chi connectivity index (χ4n) is 1.72. The van der Waals surface area contributed by atoms with Gasteiger partial charge in [0.15, 0.2) is 8.32 Å². The van der Waals surface area contributed by atoms with Crippen LogP contribution in [0.1, 0.15) is 32.4 Å². The molecule has 1 aromatic rings. The summed E-state index contributed by atoms with van der Waals surface area (Å²) in [6.07, 6.45) is -1.14. The highest BCUT2D eigenvalue weighted by Crippen LogP contribution is 2.40. The van der Waals surface area contributed by atoms with Gasteiger partial charge in [-0.15, -0.1) is 0 Å². The lowest BCUT2D eigenvalue weighted by Crippen LogP contribution is -2.44. The standard InChI is InChI=1S/C16H23NO6Si/c1-16(2,3)24(5,6)23-14(13(18)15(19)22-4)11-7-9-12(10-8-11)17(20)21/h7-10,14H,1-6H3. The van der Waals surface area contributed by atoms with Crippen molar-refractivity contribution < 1.29 is 23.7 Å². The van der Waals surface area contributed by atoms with Gasteiger partial charge in [-0.3, -0.25) is 14.9 Å². The summed E-state index contributed by atoms with van der Waals surface area (Å²) in [5.74, 6) is -1.83. The summed E-state index contributed by atoms with van der Waals surface area (Å²) in [4.78, 5) is 34.3. The molecule has 1 rings (SSSR count). The van der Waals surface area contributed by atoms with E-state index in [-0.39, 0.29) is 10.7 Å². The molecule has 0 aromatic heterocycles. The summed E-state index contributed by atoms with van der Waals surface area (Å²) in [7, 11) is -1.25. The third-order valence-electron chi connectivity index (χ3n) is 4.25. The average Bonchev–Trinajstić information content (AvgIpc) is 2.50. The van der Waals surface area contributed by atoms with Crippen molar-refractivity contribution in [2.75, 3.05) is 7.11 Å². The van der Waals surface area contributed by atoms with Crippen LogP contribution in [-0.2, 0) is 18.8 Å². The number of Topliss-reactive ketones (excluding diaryl/α,β-unsaturated/α-hetero) is 1. The Balaban J connectivity index is 3.26. The summed E-state index contributed by atoms with van der Waals surface area (Å²) in [6.45, 7) is 9.93. The zero-order valence-corrected chi connectivity index (χ0v) is 15.8. The highest BCUT2D eigenvalue weighted by Gasteiger charge is 2.42. The minimum absolute atomic E-state index is 0.102. The summed E-state index contributed by atoms with van der Waals surface area (Å²) in [6, 6.07) is 5.41. The molecule has 7 nitrogen and oxygen atoms in total. The number of hydrogen-bond donors (Lipinski definition) is 0. The van der Waals surface area contributed by atoms with Crippen LogP contribution >= 0.6 is 0 Å². The minimum Gasteiger partial charge on any atom is -0.463 e. The van der Waals surface area contributed by atoms with Crippen molar-refractivity contribution in [3.8, 4) is 0 Å². The largest absolute Gasteiger partial charge is 0.463 e. The molecule has 0 amide bonds. The summed E-state index contributed by atoms with van der Waals surface area (Å²) >= 11 is 0. The Morgan fingerprint density at radius 1 is 1.17 bits per heavy atom. The van der Waals surface area contributed by atoms with Gasteiger partial charge in [0, 0.05) is 12.1 Å². The third-order valence-corrected chi connectivity index (χ3v) is 8.69. The normalized spacial score (nSPS) is 13.2. The quantitative estimate of drug-likeness (QED) is 0.256. The lowest BCUT2D eigenvalue weighted by molar-refractivity contribution is -0.384. The Bertz CT molecular complexity index is 633. The zero-order chi connectivity index (χ0) is 18.7. The van der Waals surface area contributed by atoms with Crippen LogP contribution in [0.3, 0.4) is 0 Å². The molecule has 0 saturated heterocycles. The number of carbonyl (C=O) groups is 2. The van der Waals surface area contributed by atoms with Gasteiger partial charge < -0.3 is 9.16 Å². The monoisotopic (exact) mass is 353 g/mol. The second kappa shape index (κ2) is 7.23. The molecule has 0 bridgehead atoms. The Hall–Kier alpha value is -2.06. The number of nitro groups is 1. The van der Waals surface area contributed by atoms with Crippen LogP contribution in [0.4, 0.5) is 5.69 Å². The minimum atomic E-state index is -2.37. The number of ketones is 1. The second-order valence-electron chi connectivity index (χ2n) is 6.96. The number of methoxy groups -OCH3 is 1. The van der Waals surface area contributed by atoms with Crippen molar-refractivity contribution >= 4 is 25.8 Å². The molecule has 0 aliphatic heterocycles. The molecule has 8 heteroatoms. The predicted octanol–water partition coefficient (Wildman–Crippen LogP) is 3.40. The van der Waals surface area contributed by atoms with Crippen LogP contribution in [0, 0.1) is 10.1 Å². The molecule has 24 heavy (non-hydrogen) atoms. The maximum absolute atomic E-state index is 12.4. The molecule has 0 fully saturated rings. The number of ether oxygens (including phenoxy) is 1. The fraction of sp³-hybridized carbons (Fsp3) is 0.500. The summed E-state index contributed by atoms with van der Waals surface area (Å²) < 4.78 is 10.6. The predicted molar refractivity (Wildman–Crippen MR) is 91.1 cm³/mol. The van der Waals surface area contributed by atoms with E-state index in [0.717, 1.165) is 7.11 Å². The van der Waals surface area contributed by atoms with Crippen molar-refractivity contribution in [3.63, 3.8) is 0 Å². The van der Waals surface area contributed by atoms with Gasteiger partial charge in [0.1, 0.15) is 6.10 Å². The first-order chi connectivity index (χ1) is 10.9. The molecule has 1 unspecified atom stereocenters. The van der Waals surface area contributed by atoms with Crippen LogP contribution < -0.4 is 0 Å². The average molecular weight is 353 g/mol. The van der Waals surface area contributed by atoms with Crippen LogP contribution in [0.2, 0.25) is 18.1 Å². The van der Waals surface area contributed by atoms with Crippen molar-refractivity contribution in [3.05, 3.63) is 39.9 Å². The van der Waals surface area contributed by atoms with Crippen molar-refractivity contribution in [1.82, 2.24) is 0 Å². The molecule has 0 saturated carbocycles. The van der Waals surface area contributed by atoms with Crippen molar-refractivity contribution in [2.45, 2.75) is 45.0 Å². The van der Waals surface area contributed by atoms with E-state index in [0.29, 0.717) is 5.56 Å². The lowest BCUT2D eigenvalue weighted by Gasteiger charge is -2.38. The van der Waals surface area contributed by atoms with E-state index in [1.807, 2.05) is 33.9 Å².